The molecule has 2 bridgehead atoms. The normalized spacial score (nSPS) is 23.4. The van der Waals surface area contributed by atoms with Gasteiger partial charge in [0.15, 0.2) is 0 Å². The van der Waals surface area contributed by atoms with Gasteiger partial charge in [-0.05, 0) is 87.4 Å². The van der Waals surface area contributed by atoms with Crippen molar-refractivity contribution in [2.24, 2.45) is 0 Å². The average Bonchev–Trinajstić information content (AvgIpc) is 3.79. The number of hydrogen-bond acceptors (Lipinski definition) is 12. The number of fused-ring (bicyclic) bond motifs is 2. The summed E-state index contributed by atoms with van der Waals surface area (Å²) in [4.78, 5) is 12.0. The summed E-state index contributed by atoms with van der Waals surface area (Å²) in [6.45, 7) is 8.11. The number of hydrogen-bond donors (Lipinski definition) is 1. The number of benzene rings is 1. The van der Waals surface area contributed by atoms with Gasteiger partial charge in [0, 0.05) is 36.1 Å². The lowest BCUT2D eigenvalue weighted by Crippen LogP contribution is -2.52. The second kappa shape index (κ2) is 13.6. The third-order valence-corrected chi connectivity index (χ3v) is 9.30. The van der Waals surface area contributed by atoms with E-state index in [4.69, 9.17) is 19.3 Å². The molecular weight excluding hydrogens is 598 g/mol. The SMILES string of the molecule is CC(C)Oc1nn([C@H]2CC[C@H](N3[C@@H]4CC[C@H]3COC4)CC2)cc1Nc1ncc(-c2ccc(C#N)c(O[C@@H](C)Cn3cnnn3)c2)cn1. The van der Waals surface area contributed by atoms with Crippen LogP contribution in [0.2, 0.25) is 0 Å². The van der Waals surface area contributed by atoms with E-state index in [1.54, 1.807) is 23.1 Å². The van der Waals surface area contributed by atoms with Crippen LogP contribution >= 0.6 is 0 Å². The molecule has 246 valence electrons. The molecule has 1 saturated carbocycles. The molecule has 2 aliphatic heterocycles. The summed E-state index contributed by atoms with van der Waals surface area (Å²) in [5.74, 6) is 1.46. The van der Waals surface area contributed by atoms with Crippen molar-refractivity contribution in [3.05, 3.63) is 48.7 Å². The Labute approximate surface area is 274 Å². The van der Waals surface area contributed by atoms with Gasteiger partial charge >= 0.3 is 0 Å². The van der Waals surface area contributed by atoms with Gasteiger partial charge in [0.25, 0.3) is 5.88 Å². The molecule has 3 atom stereocenters. The number of tetrazole rings is 1. The molecule has 0 spiro atoms. The predicted octanol–water partition coefficient (Wildman–Crippen LogP) is 4.54. The highest BCUT2D eigenvalue weighted by molar-refractivity contribution is 5.67. The van der Waals surface area contributed by atoms with E-state index >= 15 is 0 Å². The molecule has 0 amide bonds. The van der Waals surface area contributed by atoms with Crippen LogP contribution in [0.3, 0.4) is 0 Å². The van der Waals surface area contributed by atoms with Crippen LogP contribution in [0.25, 0.3) is 11.1 Å². The molecule has 14 heteroatoms. The lowest BCUT2D eigenvalue weighted by molar-refractivity contribution is -0.0458. The molecule has 47 heavy (non-hydrogen) atoms. The summed E-state index contributed by atoms with van der Waals surface area (Å²) in [5.41, 5.74) is 2.80. The Balaban J connectivity index is 1.02. The maximum atomic E-state index is 9.65. The predicted molar refractivity (Wildman–Crippen MR) is 172 cm³/mol. The summed E-state index contributed by atoms with van der Waals surface area (Å²) >= 11 is 0. The fraction of sp³-hybridized carbons (Fsp3) is 0.545. The molecule has 5 heterocycles. The summed E-state index contributed by atoms with van der Waals surface area (Å²) < 4.78 is 21.7. The summed E-state index contributed by atoms with van der Waals surface area (Å²) in [6.07, 6.45) is 13.8. The molecule has 4 aromatic rings. The van der Waals surface area contributed by atoms with Crippen molar-refractivity contribution in [3.63, 3.8) is 0 Å². The van der Waals surface area contributed by atoms with Gasteiger partial charge in [-0.25, -0.2) is 14.6 Å². The Morgan fingerprint density at radius 1 is 0.957 bits per heavy atom. The van der Waals surface area contributed by atoms with Gasteiger partial charge in [-0.3, -0.25) is 9.58 Å². The zero-order valence-electron chi connectivity index (χ0n) is 27.1. The number of aromatic nitrogens is 8. The van der Waals surface area contributed by atoms with Crippen molar-refractivity contribution >= 4 is 11.6 Å². The zero-order chi connectivity index (χ0) is 32.3. The fourth-order valence-electron chi connectivity index (χ4n) is 7.17. The van der Waals surface area contributed by atoms with E-state index in [1.165, 1.54) is 32.0 Å². The van der Waals surface area contributed by atoms with E-state index in [2.05, 4.69) is 46.5 Å². The monoisotopic (exact) mass is 639 g/mol. The smallest absolute Gasteiger partial charge is 0.257 e. The van der Waals surface area contributed by atoms with Crippen LogP contribution in [0, 0.1) is 11.3 Å². The minimum Gasteiger partial charge on any atom is -0.487 e. The molecule has 1 aromatic carbocycles. The van der Waals surface area contributed by atoms with E-state index in [9.17, 15) is 5.26 Å². The molecule has 1 aliphatic carbocycles. The quantitative estimate of drug-likeness (QED) is 0.245. The third kappa shape index (κ3) is 6.91. The number of nitrogens with one attached hydrogen (secondary N) is 1. The highest BCUT2D eigenvalue weighted by atomic mass is 16.5. The fourth-order valence-corrected chi connectivity index (χ4v) is 7.17. The van der Waals surface area contributed by atoms with Gasteiger partial charge in [0.05, 0.1) is 43.7 Å². The number of ether oxygens (including phenoxy) is 3. The van der Waals surface area contributed by atoms with Crippen molar-refractivity contribution in [1.82, 2.24) is 44.9 Å². The van der Waals surface area contributed by atoms with Crippen molar-refractivity contribution in [2.75, 3.05) is 18.5 Å². The van der Waals surface area contributed by atoms with E-state index in [0.717, 1.165) is 42.9 Å². The highest BCUT2D eigenvalue weighted by Gasteiger charge is 2.42. The molecule has 3 aromatic heterocycles. The maximum absolute atomic E-state index is 9.65. The molecule has 0 unspecified atom stereocenters. The molecule has 1 N–H and O–H groups in total. The van der Waals surface area contributed by atoms with Crippen LogP contribution < -0.4 is 14.8 Å². The van der Waals surface area contributed by atoms with Gasteiger partial charge in [-0.2, -0.15) is 5.26 Å². The van der Waals surface area contributed by atoms with Crippen molar-refractivity contribution in [3.8, 4) is 28.8 Å². The first-order chi connectivity index (χ1) is 22.9. The first-order valence-corrected chi connectivity index (χ1v) is 16.6. The minimum atomic E-state index is -0.262. The van der Waals surface area contributed by atoms with Crippen LogP contribution in [0.4, 0.5) is 11.6 Å². The molecule has 7 rings (SSSR count). The van der Waals surface area contributed by atoms with Gasteiger partial charge in [0.2, 0.25) is 5.95 Å². The van der Waals surface area contributed by atoms with Crippen LogP contribution in [-0.2, 0) is 11.3 Å². The van der Waals surface area contributed by atoms with E-state index < -0.39 is 0 Å². The maximum Gasteiger partial charge on any atom is 0.257 e. The molecule has 3 aliphatic rings. The lowest BCUT2D eigenvalue weighted by atomic mass is 9.89. The van der Waals surface area contributed by atoms with Crippen LogP contribution in [0.15, 0.2) is 43.1 Å². The molecule has 2 saturated heterocycles. The van der Waals surface area contributed by atoms with Crippen molar-refractivity contribution in [1.29, 1.82) is 5.26 Å². The Morgan fingerprint density at radius 2 is 1.68 bits per heavy atom. The second-order valence-electron chi connectivity index (χ2n) is 13.0. The van der Waals surface area contributed by atoms with Crippen LogP contribution in [0.5, 0.6) is 11.6 Å². The lowest BCUT2D eigenvalue weighted by Gasteiger charge is -2.43. The molecular formula is C33H41N11O3. The average molecular weight is 640 g/mol. The van der Waals surface area contributed by atoms with Crippen LogP contribution in [-0.4, -0.2) is 88.4 Å². The number of rotatable bonds is 11. The summed E-state index contributed by atoms with van der Waals surface area (Å²) in [6, 6.07) is 9.78. The zero-order valence-corrected chi connectivity index (χ0v) is 27.1. The minimum absolute atomic E-state index is 0.0295. The van der Waals surface area contributed by atoms with Gasteiger partial charge in [-0.1, -0.05) is 6.07 Å². The van der Waals surface area contributed by atoms with Crippen LogP contribution in [0.1, 0.15) is 70.9 Å². The van der Waals surface area contributed by atoms with Gasteiger partial charge in [-0.15, -0.1) is 10.2 Å². The standard InChI is InChI=1S/C33H41N11O3/c1-21(2)46-32-30(17-43(39-32)26-6-8-27(9-7-26)44-28-10-11-29(44)19-45-18-28)38-33-35-14-25(15-36-33)23-4-5-24(13-34)31(12-23)47-22(3)16-42-20-37-40-41-42/h4-5,12,14-15,17,20-22,26-29H,6-11,16,18-19H2,1-3H3,(H,35,36,38)/t22-,26-,27-,28-,29+/m0/s1. The summed E-state index contributed by atoms with van der Waals surface area (Å²) in [5, 5.41) is 29.1. The summed E-state index contributed by atoms with van der Waals surface area (Å²) in [7, 11) is 0. The number of anilines is 2. The number of nitriles is 1. The molecule has 3 fully saturated rings. The van der Waals surface area contributed by atoms with Gasteiger partial charge < -0.3 is 19.5 Å². The van der Waals surface area contributed by atoms with E-state index in [0.29, 0.717) is 53.9 Å². The topological polar surface area (TPSA) is 154 Å². The highest BCUT2D eigenvalue weighted by Crippen LogP contribution is 2.39. The van der Waals surface area contributed by atoms with Crippen molar-refractivity contribution < 1.29 is 14.2 Å². The third-order valence-electron chi connectivity index (χ3n) is 9.30. The number of nitrogens with zero attached hydrogens (tertiary/aromatic N) is 10. The Morgan fingerprint density at radius 3 is 2.36 bits per heavy atom. The van der Waals surface area contributed by atoms with E-state index in [1.807, 2.05) is 39.1 Å². The second-order valence-corrected chi connectivity index (χ2v) is 13.0. The number of morpholine rings is 1. The van der Waals surface area contributed by atoms with Crippen molar-refractivity contribution in [2.45, 2.75) is 102 Å². The first kappa shape index (κ1) is 31.0. The molecule has 0 radical (unpaired) electrons. The molecule has 14 nitrogen and oxygen atoms in total. The first-order valence-electron chi connectivity index (χ1n) is 16.6. The van der Waals surface area contributed by atoms with E-state index in [-0.39, 0.29) is 12.2 Å². The Hall–Kier alpha value is -4.61. The Kier molecular flexibility index (Phi) is 8.99. The largest absolute Gasteiger partial charge is 0.487 e. The van der Waals surface area contributed by atoms with Gasteiger partial charge in [0.1, 0.15) is 29.9 Å². The Bertz CT molecular complexity index is 1660.